The van der Waals surface area contributed by atoms with Crippen molar-refractivity contribution in [2.45, 2.75) is 45.4 Å². The molecule has 0 saturated heterocycles. The molecule has 6 rings (SSSR count). The first-order valence-electron chi connectivity index (χ1n) is 13.9. The molecule has 0 saturated carbocycles. The van der Waals surface area contributed by atoms with Crippen molar-refractivity contribution in [3.05, 3.63) is 120 Å². The molecular weight excluding hydrogens is 476 g/mol. The van der Waals surface area contributed by atoms with Crippen molar-refractivity contribution in [2.75, 3.05) is 18.2 Å². The van der Waals surface area contributed by atoms with E-state index < -0.39 is 0 Å². The first-order chi connectivity index (χ1) is 18.8. The van der Waals surface area contributed by atoms with Crippen molar-refractivity contribution in [1.82, 2.24) is 0 Å². The van der Waals surface area contributed by atoms with Gasteiger partial charge in [0.2, 0.25) is 5.69 Å². The molecule has 2 aliphatic rings. The number of likely N-dealkylation sites (N-methyl/N-ethyl adjacent to an activating group) is 1. The second kappa shape index (κ2) is 9.36. The van der Waals surface area contributed by atoms with Gasteiger partial charge in [0, 0.05) is 41.1 Å². The van der Waals surface area contributed by atoms with E-state index >= 15 is 0 Å². The van der Waals surface area contributed by atoms with Crippen molar-refractivity contribution in [1.29, 1.82) is 0 Å². The molecular formula is C36H37N2O+. The Hall–Kier alpha value is -3.95. The molecule has 39 heavy (non-hydrogen) atoms. The normalized spacial score (nSPS) is 18.8. The Kier molecular flexibility index (Phi) is 6.08. The van der Waals surface area contributed by atoms with Gasteiger partial charge in [0.05, 0.1) is 5.41 Å². The lowest BCUT2D eigenvalue weighted by molar-refractivity contribution is -0.482. The summed E-state index contributed by atoms with van der Waals surface area (Å²) in [5.41, 5.74) is 7.16. The monoisotopic (exact) mass is 513 g/mol. The number of hydrogen-bond acceptors (Lipinski definition) is 2. The molecule has 0 aromatic heterocycles. The van der Waals surface area contributed by atoms with Crippen molar-refractivity contribution in [3.63, 3.8) is 0 Å². The minimum Gasteiger partial charge on any atom is -0.344 e. The Balaban J connectivity index is 1.33. The summed E-state index contributed by atoms with van der Waals surface area (Å²) in [7, 11) is 0. The predicted octanol–water partition coefficient (Wildman–Crippen LogP) is 8.13. The van der Waals surface area contributed by atoms with Crippen LogP contribution in [0, 0.1) is 0 Å². The summed E-state index contributed by atoms with van der Waals surface area (Å²) in [5, 5.41) is 15.4. The molecule has 0 spiro atoms. The van der Waals surface area contributed by atoms with Crippen LogP contribution in [0.25, 0.3) is 21.5 Å². The quantitative estimate of drug-likeness (QED) is 0.215. The Morgan fingerprint density at radius 2 is 1.38 bits per heavy atom. The van der Waals surface area contributed by atoms with Crippen LogP contribution >= 0.6 is 0 Å². The van der Waals surface area contributed by atoms with Gasteiger partial charge in [-0.25, -0.2) is 0 Å². The fraction of sp³-hybridized carbons (Fsp3) is 0.250. The standard InChI is InChI=1S/C36H37N2O/c1-6-37-29-22-20-25-14-10-12-16-27(25)33(29)35(2,3)31(37)18-8-7-9-19-32-36(4,5)34-28-17-13-11-15-26(28)21-23-30(34)38(32)24-39/h7-23,39H,6,24H2,1-5H3/q+1. The summed E-state index contributed by atoms with van der Waals surface area (Å²) in [6.45, 7) is 12.3. The Morgan fingerprint density at radius 3 is 2.05 bits per heavy atom. The van der Waals surface area contributed by atoms with E-state index in [0.717, 1.165) is 17.9 Å². The van der Waals surface area contributed by atoms with Crippen molar-refractivity contribution in [2.24, 2.45) is 0 Å². The van der Waals surface area contributed by atoms with E-state index in [9.17, 15) is 5.11 Å². The lowest BCUT2D eigenvalue weighted by atomic mass is 9.79. The molecule has 196 valence electrons. The lowest BCUT2D eigenvalue weighted by Crippen LogP contribution is -2.28. The van der Waals surface area contributed by atoms with Gasteiger partial charge < -0.3 is 10.0 Å². The highest BCUT2D eigenvalue weighted by molar-refractivity contribution is 6.07. The van der Waals surface area contributed by atoms with Gasteiger partial charge in [-0.15, -0.1) is 0 Å². The Morgan fingerprint density at radius 1 is 0.744 bits per heavy atom. The molecule has 2 aliphatic heterocycles. The smallest absolute Gasteiger partial charge is 0.251 e. The highest BCUT2D eigenvalue weighted by Crippen LogP contribution is 2.50. The zero-order valence-electron chi connectivity index (χ0n) is 23.6. The van der Waals surface area contributed by atoms with Crippen molar-refractivity contribution < 1.29 is 9.68 Å². The molecule has 0 unspecified atom stereocenters. The van der Waals surface area contributed by atoms with E-state index in [-0.39, 0.29) is 17.6 Å². The predicted molar refractivity (Wildman–Crippen MR) is 165 cm³/mol. The molecule has 4 aromatic carbocycles. The number of nitrogens with zero attached hydrogens (tertiary/aromatic N) is 2. The zero-order valence-corrected chi connectivity index (χ0v) is 23.6. The van der Waals surface area contributed by atoms with Gasteiger partial charge >= 0.3 is 0 Å². The molecule has 0 amide bonds. The number of hydrogen-bond donors (Lipinski definition) is 1. The molecule has 0 radical (unpaired) electrons. The highest BCUT2D eigenvalue weighted by Gasteiger charge is 2.45. The summed E-state index contributed by atoms with van der Waals surface area (Å²) in [6.07, 6.45) is 10.8. The maximum Gasteiger partial charge on any atom is 0.251 e. The Labute approximate surface area is 231 Å². The van der Waals surface area contributed by atoms with Gasteiger partial charge in [0.25, 0.3) is 6.73 Å². The third kappa shape index (κ3) is 3.79. The van der Waals surface area contributed by atoms with Crippen LogP contribution in [-0.4, -0.2) is 28.7 Å². The first-order valence-corrected chi connectivity index (χ1v) is 13.9. The van der Waals surface area contributed by atoms with Crippen LogP contribution in [0.2, 0.25) is 0 Å². The van der Waals surface area contributed by atoms with Gasteiger partial charge in [-0.2, -0.15) is 4.58 Å². The molecule has 0 atom stereocenters. The topological polar surface area (TPSA) is 26.5 Å². The number of benzene rings is 4. The van der Waals surface area contributed by atoms with E-state index in [2.05, 4.69) is 143 Å². The average molecular weight is 514 g/mol. The number of anilines is 1. The van der Waals surface area contributed by atoms with E-state index in [0.29, 0.717) is 0 Å². The fourth-order valence-electron chi connectivity index (χ4n) is 6.92. The molecule has 1 N–H and O–H groups in total. The molecule has 0 fully saturated rings. The van der Waals surface area contributed by atoms with Gasteiger partial charge in [0.15, 0.2) is 5.71 Å². The minimum atomic E-state index is -0.225. The van der Waals surface area contributed by atoms with Crippen LogP contribution in [0.3, 0.4) is 0 Å². The number of allylic oxidation sites excluding steroid dienone is 6. The second-order valence-electron chi connectivity index (χ2n) is 11.6. The summed E-state index contributed by atoms with van der Waals surface area (Å²) in [4.78, 5) is 2.44. The molecule has 0 bridgehead atoms. The first kappa shape index (κ1) is 25.3. The molecule has 2 heterocycles. The highest BCUT2D eigenvalue weighted by atomic mass is 16.3. The minimum absolute atomic E-state index is 0.0475. The van der Waals surface area contributed by atoms with Gasteiger partial charge in [-0.3, -0.25) is 0 Å². The molecule has 4 aromatic rings. The van der Waals surface area contributed by atoms with Crippen LogP contribution in [-0.2, 0) is 10.8 Å². The van der Waals surface area contributed by atoms with E-state index in [1.54, 1.807) is 0 Å². The summed E-state index contributed by atoms with van der Waals surface area (Å²) >= 11 is 0. The molecule has 3 heteroatoms. The SMILES string of the molecule is CCN1C(=CC=CC=CC2=[N+](CO)c3ccc4ccccc4c3C2(C)C)C(C)(C)c2c1ccc1ccccc21. The van der Waals surface area contributed by atoms with Crippen molar-refractivity contribution in [3.8, 4) is 0 Å². The van der Waals surface area contributed by atoms with Gasteiger partial charge in [-0.05, 0) is 66.1 Å². The molecule has 3 nitrogen and oxygen atoms in total. The maximum absolute atomic E-state index is 10.3. The number of rotatable bonds is 5. The maximum atomic E-state index is 10.3. The van der Waals surface area contributed by atoms with Gasteiger partial charge in [0.1, 0.15) is 0 Å². The zero-order chi connectivity index (χ0) is 27.4. The van der Waals surface area contributed by atoms with Gasteiger partial charge in [-0.1, -0.05) is 86.7 Å². The van der Waals surface area contributed by atoms with Crippen LogP contribution < -0.4 is 4.90 Å². The summed E-state index contributed by atoms with van der Waals surface area (Å²) < 4.78 is 2.03. The summed E-state index contributed by atoms with van der Waals surface area (Å²) in [5.74, 6) is 0. The number of fused-ring (bicyclic) bond motifs is 6. The van der Waals surface area contributed by atoms with Crippen molar-refractivity contribution >= 4 is 38.6 Å². The number of aliphatic hydroxyl groups is 1. The van der Waals surface area contributed by atoms with E-state index in [4.69, 9.17) is 0 Å². The summed E-state index contributed by atoms with van der Waals surface area (Å²) in [6, 6.07) is 26.0. The third-order valence-electron chi connectivity index (χ3n) is 8.70. The van der Waals surface area contributed by atoms with Crippen LogP contribution in [0.15, 0.2) is 109 Å². The van der Waals surface area contributed by atoms with E-state index in [1.165, 1.54) is 44.1 Å². The van der Waals surface area contributed by atoms with E-state index in [1.807, 2.05) is 4.58 Å². The fourth-order valence-corrected chi connectivity index (χ4v) is 6.92. The second-order valence-corrected chi connectivity index (χ2v) is 11.6. The lowest BCUT2D eigenvalue weighted by Gasteiger charge is -2.26. The number of aliphatic hydroxyl groups excluding tert-OH is 1. The van der Waals surface area contributed by atoms with Crippen LogP contribution in [0.1, 0.15) is 45.7 Å². The molecule has 0 aliphatic carbocycles. The van der Waals surface area contributed by atoms with Crippen LogP contribution in [0.4, 0.5) is 11.4 Å². The average Bonchev–Trinajstić information content (AvgIpc) is 3.31. The largest absolute Gasteiger partial charge is 0.344 e. The van der Waals surface area contributed by atoms with Crippen LogP contribution in [0.5, 0.6) is 0 Å². The third-order valence-corrected chi connectivity index (χ3v) is 8.70. The Bertz CT molecular complexity index is 1730.